The lowest BCUT2D eigenvalue weighted by molar-refractivity contribution is 0.0747. The van der Waals surface area contributed by atoms with Crippen molar-refractivity contribution in [1.29, 1.82) is 5.26 Å². The number of rotatable bonds is 3. The van der Waals surface area contributed by atoms with Gasteiger partial charge in [0.25, 0.3) is 11.8 Å². The molecular formula is C26H25N5O3. The number of carbonyl (C=O) groups excluding carboxylic acids is 1. The van der Waals surface area contributed by atoms with Crippen LogP contribution in [0.15, 0.2) is 45.4 Å². The van der Waals surface area contributed by atoms with Crippen molar-refractivity contribution in [3.05, 3.63) is 59.1 Å². The Morgan fingerprint density at radius 3 is 2.82 bits per heavy atom. The number of H-pyrrole nitrogens is 1. The van der Waals surface area contributed by atoms with Crippen molar-refractivity contribution in [1.82, 2.24) is 14.9 Å². The number of nitrogens with zero attached hydrogens (tertiary/aromatic N) is 4. The number of benzene rings is 1. The van der Waals surface area contributed by atoms with Crippen LogP contribution < -0.4 is 4.90 Å². The fraction of sp³-hybridized carbons (Fsp3) is 0.346. The minimum Gasteiger partial charge on any atom is -0.459 e. The van der Waals surface area contributed by atoms with Gasteiger partial charge in [0.1, 0.15) is 6.07 Å². The van der Waals surface area contributed by atoms with Gasteiger partial charge in [0.2, 0.25) is 11.6 Å². The molecule has 1 aromatic carbocycles. The van der Waals surface area contributed by atoms with Crippen LogP contribution in [-0.2, 0) is 12.8 Å². The summed E-state index contributed by atoms with van der Waals surface area (Å²) in [7, 11) is 0. The molecule has 0 radical (unpaired) electrons. The highest BCUT2D eigenvalue weighted by Crippen LogP contribution is 2.34. The molecule has 6 rings (SSSR count). The molecule has 34 heavy (non-hydrogen) atoms. The number of furan rings is 1. The minimum atomic E-state index is 0.0336. The summed E-state index contributed by atoms with van der Waals surface area (Å²) in [6.45, 7) is 4.48. The van der Waals surface area contributed by atoms with E-state index in [-0.39, 0.29) is 17.5 Å². The number of hydrogen-bond donors (Lipinski definition) is 1. The number of para-hydroxylation sites is 1. The van der Waals surface area contributed by atoms with E-state index in [4.69, 9.17) is 8.83 Å². The predicted octanol–water partition coefficient (Wildman–Crippen LogP) is 4.37. The van der Waals surface area contributed by atoms with Crippen LogP contribution in [0.4, 0.5) is 5.88 Å². The van der Waals surface area contributed by atoms with Gasteiger partial charge in [-0.15, -0.1) is 0 Å². The van der Waals surface area contributed by atoms with Crippen LogP contribution in [0.25, 0.3) is 22.6 Å². The molecule has 1 atom stereocenters. The van der Waals surface area contributed by atoms with Crippen molar-refractivity contribution in [3.63, 3.8) is 0 Å². The summed E-state index contributed by atoms with van der Waals surface area (Å²) in [5.74, 6) is 1.89. The molecule has 1 aliphatic carbocycles. The smallest absolute Gasteiger partial charge is 0.266 e. The number of aromatic amines is 1. The predicted molar refractivity (Wildman–Crippen MR) is 127 cm³/mol. The molecule has 4 aromatic rings. The molecule has 1 unspecified atom stereocenters. The monoisotopic (exact) mass is 455 g/mol. The Kier molecular flexibility index (Phi) is 4.91. The quantitative estimate of drug-likeness (QED) is 0.492. The van der Waals surface area contributed by atoms with Gasteiger partial charge in [-0.05, 0) is 48.9 Å². The number of fused-ring (bicyclic) bond motifs is 3. The van der Waals surface area contributed by atoms with E-state index in [2.05, 4.69) is 29.0 Å². The first-order chi connectivity index (χ1) is 16.6. The number of amides is 1. The summed E-state index contributed by atoms with van der Waals surface area (Å²) < 4.78 is 11.2. The fourth-order valence-corrected chi connectivity index (χ4v) is 5.18. The van der Waals surface area contributed by atoms with Crippen LogP contribution in [-0.4, -0.2) is 47.0 Å². The highest BCUT2D eigenvalue weighted by molar-refractivity contribution is 6.07. The summed E-state index contributed by atoms with van der Waals surface area (Å²) in [6, 6.07) is 11.6. The standard InChI is InChI=1S/C26H25N5O3/c1-16-7-8-20-19(14-16)17-4-2-5-18(23(17)28-20)25(32)30-9-11-31(12-10-30)26-21(15-27)29-24(34-26)22-6-3-13-33-22/h2-6,13,16,28H,7-12,14H2,1H3. The normalized spacial score (nSPS) is 18.2. The van der Waals surface area contributed by atoms with Crippen molar-refractivity contribution in [3.8, 4) is 17.7 Å². The van der Waals surface area contributed by atoms with Crippen LogP contribution in [0.1, 0.15) is 40.7 Å². The second kappa shape index (κ2) is 8.10. The molecule has 4 heterocycles. The summed E-state index contributed by atoms with van der Waals surface area (Å²) >= 11 is 0. The van der Waals surface area contributed by atoms with Gasteiger partial charge in [-0.1, -0.05) is 19.1 Å². The van der Waals surface area contributed by atoms with Crippen molar-refractivity contribution >= 4 is 22.7 Å². The molecule has 8 nitrogen and oxygen atoms in total. The first kappa shape index (κ1) is 20.6. The highest BCUT2D eigenvalue weighted by atomic mass is 16.4. The van der Waals surface area contributed by atoms with Crippen LogP contribution in [0.3, 0.4) is 0 Å². The number of oxazole rings is 1. The van der Waals surface area contributed by atoms with Gasteiger partial charge in [-0.3, -0.25) is 4.79 Å². The zero-order valence-corrected chi connectivity index (χ0v) is 19.0. The Balaban J connectivity index is 1.22. The number of nitriles is 1. The van der Waals surface area contributed by atoms with Gasteiger partial charge in [0.05, 0.1) is 17.3 Å². The third-order valence-corrected chi connectivity index (χ3v) is 7.00. The Labute approximate surface area is 196 Å². The van der Waals surface area contributed by atoms with E-state index in [0.29, 0.717) is 43.7 Å². The highest BCUT2D eigenvalue weighted by Gasteiger charge is 2.29. The van der Waals surface area contributed by atoms with Crippen molar-refractivity contribution in [2.45, 2.75) is 26.2 Å². The first-order valence-corrected chi connectivity index (χ1v) is 11.7. The number of carbonyl (C=O) groups is 1. The van der Waals surface area contributed by atoms with Crippen molar-refractivity contribution in [2.24, 2.45) is 5.92 Å². The minimum absolute atomic E-state index is 0.0336. The third kappa shape index (κ3) is 3.36. The molecule has 3 aromatic heterocycles. The molecule has 2 aliphatic rings. The van der Waals surface area contributed by atoms with Crippen LogP contribution >= 0.6 is 0 Å². The maximum atomic E-state index is 13.5. The molecule has 0 bridgehead atoms. The SMILES string of the molecule is CC1CCc2[nH]c3c(C(=O)N4CCN(c5oc(-c6ccco6)nc5C#N)CC4)cccc3c2C1. The Bertz CT molecular complexity index is 1400. The van der Waals surface area contributed by atoms with Crippen LogP contribution in [0.5, 0.6) is 0 Å². The third-order valence-electron chi connectivity index (χ3n) is 7.00. The largest absolute Gasteiger partial charge is 0.459 e. The number of nitrogens with one attached hydrogen (secondary N) is 1. The number of aromatic nitrogens is 2. The molecule has 1 amide bonds. The first-order valence-electron chi connectivity index (χ1n) is 11.7. The maximum absolute atomic E-state index is 13.5. The summed E-state index contributed by atoms with van der Waals surface area (Å²) in [5, 5.41) is 10.7. The molecular weight excluding hydrogens is 430 g/mol. The Hall–Kier alpha value is -3.99. The molecule has 0 spiro atoms. The van der Waals surface area contributed by atoms with E-state index < -0.39 is 0 Å². The number of aryl methyl sites for hydroxylation is 1. The zero-order chi connectivity index (χ0) is 23.2. The molecule has 1 saturated heterocycles. The lowest BCUT2D eigenvalue weighted by Crippen LogP contribution is -2.49. The van der Waals surface area contributed by atoms with Gasteiger partial charge in [-0.25, -0.2) is 0 Å². The average molecular weight is 456 g/mol. The Morgan fingerprint density at radius 1 is 1.21 bits per heavy atom. The number of hydrogen-bond acceptors (Lipinski definition) is 6. The molecule has 1 N–H and O–H groups in total. The van der Waals surface area contributed by atoms with Gasteiger partial charge in [-0.2, -0.15) is 10.2 Å². The van der Waals surface area contributed by atoms with Gasteiger partial charge >= 0.3 is 0 Å². The van der Waals surface area contributed by atoms with Crippen LogP contribution in [0, 0.1) is 17.2 Å². The second-order valence-corrected chi connectivity index (χ2v) is 9.20. The van der Waals surface area contributed by atoms with Crippen LogP contribution in [0.2, 0.25) is 0 Å². The van der Waals surface area contributed by atoms with Gasteiger partial charge in [0.15, 0.2) is 5.76 Å². The molecule has 172 valence electrons. The van der Waals surface area contributed by atoms with E-state index in [9.17, 15) is 10.1 Å². The van der Waals surface area contributed by atoms with E-state index in [0.717, 1.165) is 23.9 Å². The molecule has 1 aliphatic heterocycles. The average Bonchev–Trinajstić information content (AvgIpc) is 3.61. The Morgan fingerprint density at radius 2 is 2.06 bits per heavy atom. The van der Waals surface area contributed by atoms with E-state index in [1.54, 1.807) is 12.1 Å². The lowest BCUT2D eigenvalue weighted by Gasteiger charge is -2.34. The van der Waals surface area contributed by atoms with Gasteiger partial charge in [0, 0.05) is 37.3 Å². The molecule has 8 heteroatoms. The fourth-order valence-electron chi connectivity index (χ4n) is 5.18. The topological polar surface area (TPSA) is 102 Å². The zero-order valence-electron chi connectivity index (χ0n) is 19.0. The summed E-state index contributed by atoms with van der Waals surface area (Å²) in [4.78, 5) is 25.2. The van der Waals surface area contributed by atoms with E-state index in [1.807, 2.05) is 21.9 Å². The molecule has 0 saturated carbocycles. The van der Waals surface area contributed by atoms with Crippen molar-refractivity contribution < 1.29 is 13.6 Å². The lowest BCUT2D eigenvalue weighted by atomic mass is 9.87. The maximum Gasteiger partial charge on any atom is 0.266 e. The van der Waals surface area contributed by atoms with E-state index >= 15 is 0 Å². The second-order valence-electron chi connectivity index (χ2n) is 9.20. The van der Waals surface area contributed by atoms with Crippen molar-refractivity contribution in [2.75, 3.05) is 31.1 Å². The number of anilines is 1. The van der Waals surface area contributed by atoms with E-state index in [1.165, 1.54) is 29.3 Å². The molecule has 1 fully saturated rings. The summed E-state index contributed by atoms with van der Waals surface area (Å²) in [5.41, 5.74) is 4.56. The van der Waals surface area contributed by atoms with Gasteiger partial charge < -0.3 is 23.6 Å². The summed E-state index contributed by atoms with van der Waals surface area (Å²) in [6.07, 6.45) is 4.82. The number of piperazine rings is 1.